The number of hydrogen-bond donors (Lipinski definition) is 6. The SMILES string of the molecule is CC(N)C(=O)NCC(=O)NC(CCCCN)C(=O)NC(Cc1ccccc1)C(=O)O. The fourth-order valence-corrected chi connectivity index (χ4v) is 2.66. The molecule has 0 radical (unpaired) electrons. The van der Waals surface area contributed by atoms with E-state index in [1.54, 1.807) is 24.3 Å². The number of hydrogen-bond acceptors (Lipinski definition) is 6. The summed E-state index contributed by atoms with van der Waals surface area (Å²) in [4.78, 5) is 47.9. The van der Waals surface area contributed by atoms with Crippen LogP contribution >= 0.6 is 0 Å². The molecule has 10 heteroatoms. The number of nitrogens with one attached hydrogen (secondary N) is 3. The minimum Gasteiger partial charge on any atom is -0.480 e. The van der Waals surface area contributed by atoms with E-state index in [0.29, 0.717) is 19.4 Å². The van der Waals surface area contributed by atoms with Crippen LogP contribution in [0, 0.1) is 0 Å². The van der Waals surface area contributed by atoms with E-state index in [0.717, 1.165) is 5.56 Å². The van der Waals surface area contributed by atoms with Gasteiger partial charge >= 0.3 is 5.97 Å². The summed E-state index contributed by atoms with van der Waals surface area (Å²) >= 11 is 0. The van der Waals surface area contributed by atoms with Crippen molar-refractivity contribution in [2.75, 3.05) is 13.1 Å². The number of benzene rings is 1. The Bertz CT molecular complexity index is 711. The van der Waals surface area contributed by atoms with E-state index in [9.17, 15) is 24.3 Å². The Morgan fingerprint density at radius 1 is 1.00 bits per heavy atom. The molecule has 0 saturated carbocycles. The third-order valence-corrected chi connectivity index (χ3v) is 4.33. The highest BCUT2D eigenvalue weighted by atomic mass is 16.4. The number of carbonyl (C=O) groups is 4. The first-order valence-electron chi connectivity index (χ1n) is 9.84. The molecule has 0 aliphatic carbocycles. The zero-order valence-corrected chi connectivity index (χ0v) is 17.1. The zero-order chi connectivity index (χ0) is 22.5. The molecule has 3 unspecified atom stereocenters. The topological polar surface area (TPSA) is 177 Å². The van der Waals surface area contributed by atoms with E-state index in [1.807, 2.05) is 6.07 Å². The lowest BCUT2D eigenvalue weighted by molar-refractivity contribution is -0.142. The quantitative estimate of drug-likeness (QED) is 0.218. The van der Waals surface area contributed by atoms with Crippen molar-refractivity contribution >= 4 is 23.7 Å². The predicted octanol–water partition coefficient (Wildman–Crippen LogP) is -1.12. The van der Waals surface area contributed by atoms with E-state index < -0.39 is 41.8 Å². The van der Waals surface area contributed by atoms with E-state index >= 15 is 0 Å². The monoisotopic (exact) mass is 421 g/mol. The summed E-state index contributed by atoms with van der Waals surface area (Å²) in [7, 11) is 0. The summed E-state index contributed by atoms with van der Waals surface area (Å²) in [6.07, 6.45) is 1.61. The van der Waals surface area contributed by atoms with E-state index in [1.165, 1.54) is 6.92 Å². The molecule has 1 rings (SSSR count). The Morgan fingerprint density at radius 3 is 2.23 bits per heavy atom. The van der Waals surface area contributed by atoms with Crippen LogP contribution in [0.2, 0.25) is 0 Å². The smallest absolute Gasteiger partial charge is 0.326 e. The van der Waals surface area contributed by atoms with Crippen LogP contribution in [0.15, 0.2) is 30.3 Å². The number of unbranched alkanes of at least 4 members (excludes halogenated alkanes) is 1. The number of amides is 3. The third-order valence-electron chi connectivity index (χ3n) is 4.33. The second kappa shape index (κ2) is 13.3. The van der Waals surface area contributed by atoms with Gasteiger partial charge in [-0.3, -0.25) is 14.4 Å². The lowest BCUT2D eigenvalue weighted by atomic mass is 10.0. The van der Waals surface area contributed by atoms with Crippen molar-refractivity contribution in [3.05, 3.63) is 35.9 Å². The molecule has 0 saturated heterocycles. The van der Waals surface area contributed by atoms with E-state index in [-0.39, 0.29) is 19.4 Å². The molecule has 3 atom stereocenters. The van der Waals surface area contributed by atoms with Crippen molar-refractivity contribution in [3.8, 4) is 0 Å². The number of rotatable bonds is 13. The van der Waals surface area contributed by atoms with Gasteiger partial charge in [-0.25, -0.2) is 4.79 Å². The maximum absolute atomic E-state index is 12.7. The second-order valence-electron chi connectivity index (χ2n) is 7.00. The molecule has 1 aromatic carbocycles. The minimum absolute atomic E-state index is 0.107. The first-order valence-corrected chi connectivity index (χ1v) is 9.84. The highest BCUT2D eigenvalue weighted by molar-refractivity contribution is 5.92. The Hall–Kier alpha value is -2.98. The maximum atomic E-state index is 12.7. The van der Waals surface area contributed by atoms with Gasteiger partial charge in [-0.05, 0) is 38.3 Å². The summed E-state index contributed by atoms with van der Waals surface area (Å²) in [5.41, 5.74) is 11.7. The number of aliphatic carboxylic acids is 1. The molecular formula is C20H31N5O5. The fourth-order valence-electron chi connectivity index (χ4n) is 2.66. The third kappa shape index (κ3) is 9.48. The summed E-state index contributed by atoms with van der Waals surface area (Å²) in [6, 6.07) is 6.04. The first kappa shape index (κ1) is 25.1. The molecular weight excluding hydrogens is 390 g/mol. The standard InChI is InChI=1S/C20H31N5O5/c1-13(22)18(27)23-12-17(26)24-15(9-5-6-10-21)19(28)25-16(20(29)30)11-14-7-3-2-4-8-14/h2-4,7-8,13,15-16H,5-6,9-12,21-22H2,1H3,(H,23,27)(H,24,26)(H,25,28)(H,29,30). The second-order valence-corrected chi connectivity index (χ2v) is 7.00. The molecule has 8 N–H and O–H groups in total. The summed E-state index contributed by atoms with van der Waals surface area (Å²) in [6.45, 7) is 1.57. The molecule has 3 amide bonds. The van der Waals surface area contributed by atoms with Gasteiger partial charge in [0.1, 0.15) is 12.1 Å². The van der Waals surface area contributed by atoms with Crippen LogP contribution in [0.5, 0.6) is 0 Å². The Balaban J connectivity index is 2.75. The van der Waals surface area contributed by atoms with Gasteiger partial charge in [0, 0.05) is 6.42 Å². The van der Waals surface area contributed by atoms with Gasteiger partial charge in [0.05, 0.1) is 12.6 Å². The average Bonchev–Trinajstić information content (AvgIpc) is 2.71. The Labute approximate surface area is 175 Å². The van der Waals surface area contributed by atoms with Crippen LogP contribution in [0.3, 0.4) is 0 Å². The van der Waals surface area contributed by atoms with Crippen molar-refractivity contribution in [2.24, 2.45) is 11.5 Å². The van der Waals surface area contributed by atoms with Crippen LogP contribution in [-0.4, -0.2) is 60.0 Å². The van der Waals surface area contributed by atoms with Crippen molar-refractivity contribution in [2.45, 2.75) is 50.7 Å². The van der Waals surface area contributed by atoms with Crippen LogP contribution < -0.4 is 27.4 Å². The Morgan fingerprint density at radius 2 is 1.67 bits per heavy atom. The van der Waals surface area contributed by atoms with Gasteiger partial charge < -0.3 is 32.5 Å². The molecule has 1 aromatic rings. The maximum Gasteiger partial charge on any atom is 0.326 e. The lowest BCUT2D eigenvalue weighted by Gasteiger charge is -2.22. The molecule has 0 fully saturated rings. The summed E-state index contributed by atoms with van der Waals surface area (Å²) in [5.74, 6) is -2.86. The van der Waals surface area contributed by atoms with Gasteiger partial charge in [-0.2, -0.15) is 0 Å². The van der Waals surface area contributed by atoms with Gasteiger partial charge in [0.15, 0.2) is 0 Å². The number of carboxylic acids is 1. The number of carbonyl (C=O) groups excluding carboxylic acids is 3. The largest absolute Gasteiger partial charge is 0.480 e. The normalized spacial score (nSPS) is 13.6. The van der Waals surface area contributed by atoms with Crippen LogP contribution in [0.4, 0.5) is 0 Å². The van der Waals surface area contributed by atoms with Crippen LogP contribution in [-0.2, 0) is 25.6 Å². The van der Waals surface area contributed by atoms with Crippen LogP contribution in [0.1, 0.15) is 31.7 Å². The molecule has 0 aliphatic heterocycles. The van der Waals surface area contributed by atoms with Crippen molar-refractivity contribution in [1.82, 2.24) is 16.0 Å². The minimum atomic E-state index is -1.18. The highest BCUT2D eigenvalue weighted by Gasteiger charge is 2.26. The van der Waals surface area contributed by atoms with Crippen molar-refractivity contribution in [1.29, 1.82) is 0 Å². The number of carboxylic acid groups (broad SMARTS) is 1. The molecule has 0 aliphatic rings. The molecule has 0 aromatic heterocycles. The predicted molar refractivity (Wildman–Crippen MR) is 111 cm³/mol. The van der Waals surface area contributed by atoms with Crippen LogP contribution in [0.25, 0.3) is 0 Å². The van der Waals surface area contributed by atoms with Gasteiger partial charge in [0.2, 0.25) is 17.7 Å². The average molecular weight is 421 g/mol. The molecule has 0 heterocycles. The first-order chi connectivity index (χ1) is 14.2. The van der Waals surface area contributed by atoms with Gasteiger partial charge in [0.25, 0.3) is 0 Å². The summed E-state index contributed by atoms with van der Waals surface area (Å²) < 4.78 is 0. The van der Waals surface area contributed by atoms with E-state index in [2.05, 4.69) is 16.0 Å². The van der Waals surface area contributed by atoms with Gasteiger partial charge in [-0.15, -0.1) is 0 Å². The Kier molecular flexibility index (Phi) is 11.1. The molecule has 0 spiro atoms. The lowest BCUT2D eigenvalue weighted by Crippen LogP contribution is -2.54. The molecule has 0 bridgehead atoms. The highest BCUT2D eigenvalue weighted by Crippen LogP contribution is 2.06. The van der Waals surface area contributed by atoms with Gasteiger partial charge in [-0.1, -0.05) is 30.3 Å². The molecule has 10 nitrogen and oxygen atoms in total. The number of nitrogens with two attached hydrogens (primary N) is 2. The van der Waals surface area contributed by atoms with Crippen molar-refractivity contribution in [3.63, 3.8) is 0 Å². The summed E-state index contributed by atoms with van der Waals surface area (Å²) in [5, 5.41) is 16.9. The molecule has 166 valence electrons. The fraction of sp³-hybridized carbons (Fsp3) is 0.500. The van der Waals surface area contributed by atoms with Crippen molar-refractivity contribution < 1.29 is 24.3 Å². The van der Waals surface area contributed by atoms with E-state index in [4.69, 9.17) is 11.5 Å². The molecule has 30 heavy (non-hydrogen) atoms. The zero-order valence-electron chi connectivity index (χ0n) is 17.1.